The number of carbonyl (C=O) groups excluding carboxylic acids is 2. The molecule has 2 rings (SSSR count). The van der Waals surface area contributed by atoms with E-state index in [-0.39, 0.29) is 5.97 Å². The Hall–Kier alpha value is -2.30. The van der Waals surface area contributed by atoms with E-state index in [4.69, 9.17) is 14.2 Å². The molecule has 0 spiro atoms. The molecule has 1 atom stereocenters. The fourth-order valence-corrected chi connectivity index (χ4v) is 2.50. The zero-order valence-corrected chi connectivity index (χ0v) is 12.3. The Labute approximate surface area is 123 Å². The Morgan fingerprint density at radius 1 is 1.33 bits per heavy atom. The summed E-state index contributed by atoms with van der Waals surface area (Å²) in [5.74, 6) is -0.439. The summed E-state index contributed by atoms with van der Waals surface area (Å²) in [6, 6.07) is 5.45. The van der Waals surface area contributed by atoms with Crippen LogP contribution in [0.3, 0.4) is 0 Å². The van der Waals surface area contributed by atoms with Gasteiger partial charge >= 0.3 is 11.9 Å². The highest BCUT2D eigenvalue weighted by molar-refractivity contribution is 5.96. The van der Waals surface area contributed by atoms with Crippen LogP contribution >= 0.6 is 0 Å². The van der Waals surface area contributed by atoms with Crippen LogP contribution in [0.5, 0.6) is 5.75 Å². The number of carbonyl (C=O) groups is 2. The number of rotatable bonds is 4. The lowest BCUT2D eigenvalue weighted by Crippen LogP contribution is -2.11. The maximum atomic E-state index is 11.9. The third-order valence-corrected chi connectivity index (χ3v) is 3.47. The quantitative estimate of drug-likeness (QED) is 0.629. The summed E-state index contributed by atoms with van der Waals surface area (Å²) in [6.45, 7) is 2.06. The molecular formula is C16H18O5. The maximum Gasteiger partial charge on any atom is 0.331 e. The minimum Gasteiger partial charge on any atom is -0.497 e. The predicted molar refractivity (Wildman–Crippen MR) is 77.0 cm³/mol. The van der Waals surface area contributed by atoms with Gasteiger partial charge in [-0.3, -0.25) is 4.79 Å². The van der Waals surface area contributed by atoms with Crippen molar-refractivity contribution in [2.24, 2.45) is 0 Å². The van der Waals surface area contributed by atoms with Gasteiger partial charge in [0.1, 0.15) is 5.75 Å². The average Bonchev–Trinajstić information content (AvgIpc) is 2.84. The third-order valence-electron chi connectivity index (χ3n) is 3.47. The summed E-state index contributed by atoms with van der Waals surface area (Å²) in [5, 5.41) is 0. The molecule has 1 aromatic rings. The van der Waals surface area contributed by atoms with Gasteiger partial charge in [-0.25, -0.2) is 4.79 Å². The van der Waals surface area contributed by atoms with Crippen LogP contribution in [0.15, 0.2) is 24.3 Å². The van der Waals surface area contributed by atoms with Crippen molar-refractivity contribution in [1.29, 1.82) is 0 Å². The van der Waals surface area contributed by atoms with Gasteiger partial charge in [0.15, 0.2) is 0 Å². The average molecular weight is 290 g/mol. The molecule has 0 heterocycles. The van der Waals surface area contributed by atoms with Crippen LogP contribution in [-0.2, 0) is 19.1 Å². The summed E-state index contributed by atoms with van der Waals surface area (Å²) in [7, 11) is 2.93. The van der Waals surface area contributed by atoms with Gasteiger partial charge in [0, 0.05) is 6.08 Å². The lowest BCUT2D eigenvalue weighted by molar-refractivity contribution is -0.142. The Bertz CT molecular complexity index is 588. The van der Waals surface area contributed by atoms with Gasteiger partial charge in [-0.1, -0.05) is 6.07 Å². The van der Waals surface area contributed by atoms with Gasteiger partial charge < -0.3 is 14.2 Å². The zero-order chi connectivity index (χ0) is 15.4. The van der Waals surface area contributed by atoms with Crippen LogP contribution in [0.25, 0.3) is 5.57 Å². The second-order valence-electron chi connectivity index (χ2n) is 4.65. The summed E-state index contributed by atoms with van der Waals surface area (Å²) < 4.78 is 15.0. The van der Waals surface area contributed by atoms with Gasteiger partial charge in [0.2, 0.25) is 0 Å². The molecule has 0 saturated carbocycles. The molecule has 1 unspecified atom stereocenters. The van der Waals surface area contributed by atoms with Crippen LogP contribution in [0.1, 0.15) is 30.4 Å². The van der Waals surface area contributed by atoms with E-state index in [9.17, 15) is 9.59 Å². The number of hydrogen-bond donors (Lipinski definition) is 0. The van der Waals surface area contributed by atoms with E-state index in [0.29, 0.717) is 18.8 Å². The normalized spacial score (nSPS) is 18.2. The van der Waals surface area contributed by atoms with Crippen molar-refractivity contribution in [3.8, 4) is 5.75 Å². The summed E-state index contributed by atoms with van der Waals surface area (Å²) in [5.41, 5.74) is 2.44. The number of ether oxygens (including phenoxy) is 3. The van der Waals surface area contributed by atoms with Gasteiger partial charge in [0.25, 0.3) is 0 Å². The highest BCUT2D eigenvalue weighted by Crippen LogP contribution is 2.43. The Morgan fingerprint density at radius 3 is 2.71 bits per heavy atom. The van der Waals surface area contributed by atoms with E-state index in [1.165, 1.54) is 13.2 Å². The second-order valence-corrected chi connectivity index (χ2v) is 4.65. The van der Waals surface area contributed by atoms with Gasteiger partial charge in [-0.05, 0) is 42.2 Å². The van der Waals surface area contributed by atoms with Crippen molar-refractivity contribution >= 4 is 17.5 Å². The molecular weight excluding hydrogens is 272 g/mol. The molecule has 1 aliphatic carbocycles. The molecule has 0 saturated heterocycles. The predicted octanol–water partition coefficient (Wildman–Crippen LogP) is 2.30. The first-order valence-electron chi connectivity index (χ1n) is 6.74. The number of esters is 2. The molecule has 21 heavy (non-hydrogen) atoms. The highest BCUT2D eigenvalue weighted by Gasteiger charge is 2.33. The zero-order valence-electron chi connectivity index (χ0n) is 12.3. The molecule has 5 heteroatoms. The van der Waals surface area contributed by atoms with Gasteiger partial charge in [0.05, 0.1) is 26.7 Å². The van der Waals surface area contributed by atoms with Crippen LogP contribution in [0.2, 0.25) is 0 Å². The first-order valence-corrected chi connectivity index (χ1v) is 6.74. The highest BCUT2D eigenvalue weighted by atomic mass is 16.5. The fourth-order valence-electron chi connectivity index (χ4n) is 2.50. The SMILES string of the molecule is CCOC(=O)/C=C1\CC(C(=O)OC)c2ccc(OC)cc21. The molecule has 112 valence electrons. The lowest BCUT2D eigenvalue weighted by atomic mass is 10.0. The molecule has 0 bridgehead atoms. The number of benzene rings is 1. The van der Waals surface area contributed by atoms with E-state index in [0.717, 1.165) is 16.7 Å². The topological polar surface area (TPSA) is 61.8 Å². The van der Waals surface area contributed by atoms with E-state index >= 15 is 0 Å². The van der Waals surface area contributed by atoms with Crippen LogP contribution in [0.4, 0.5) is 0 Å². The monoisotopic (exact) mass is 290 g/mol. The van der Waals surface area contributed by atoms with Crippen LogP contribution in [0, 0.1) is 0 Å². The number of hydrogen-bond acceptors (Lipinski definition) is 5. The molecule has 1 aromatic carbocycles. The summed E-state index contributed by atoms with van der Waals surface area (Å²) in [4.78, 5) is 23.6. The minimum absolute atomic E-state index is 0.311. The smallest absolute Gasteiger partial charge is 0.331 e. The summed E-state index contributed by atoms with van der Waals surface area (Å²) >= 11 is 0. The van der Waals surface area contributed by atoms with Crippen molar-refractivity contribution in [3.63, 3.8) is 0 Å². The molecule has 0 amide bonds. The number of methoxy groups -OCH3 is 2. The molecule has 0 aliphatic heterocycles. The third kappa shape index (κ3) is 3.07. The second kappa shape index (κ2) is 6.43. The van der Waals surface area contributed by atoms with Gasteiger partial charge in [-0.15, -0.1) is 0 Å². The van der Waals surface area contributed by atoms with Crippen molar-refractivity contribution in [3.05, 3.63) is 35.4 Å². The summed E-state index contributed by atoms with van der Waals surface area (Å²) in [6.07, 6.45) is 1.86. The largest absolute Gasteiger partial charge is 0.497 e. The van der Waals surface area contributed by atoms with E-state index in [1.807, 2.05) is 12.1 Å². The Balaban J connectivity index is 2.43. The maximum absolute atomic E-state index is 11.9. The number of allylic oxidation sites excluding steroid dienone is 1. The lowest BCUT2D eigenvalue weighted by Gasteiger charge is -2.08. The van der Waals surface area contributed by atoms with Crippen molar-refractivity contribution in [2.75, 3.05) is 20.8 Å². The van der Waals surface area contributed by atoms with E-state index < -0.39 is 11.9 Å². The first-order chi connectivity index (χ1) is 10.1. The van der Waals surface area contributed by atoms with Gasteiger partial charge in [-0.2, -0.15) is 0 Å². The molecule has 0 aromatic heterocycles. The standard InChI is InChI=1S/C16H18O5/c1-4-21-15(17)8-10-7-14(16(18)20-3)12-6-5-11(19-2)9-13(10)12/h5-6,8-9,14H,4,7H2,1-3H3/b10-8+. The first kappa shape index (κ1) is 15.1. The van der Waals surface area contributed by atoms with Crippen molar-refractivity contribution in [1.82, 2.24) is 0 Å². The fraction of sp³-hybridized carbons (Fsp3) is 0.375. The van der Waals surface area contributed by atoms with Crippen LogP contribution < -0.4 is 4.74 Å². The molecule has 5 nitrogen and oxygen atoms in total. The Morgan fingerprint density at radius 2 is 2.10 bits per heavy atom. The molecule has 1 aliphatic rings. The Kier molecular flexibility index (Phi) is 4.62. The molecule has 0 N–H and O–H groups in total. The number of fused-ring (bicyclic) bond motifs is 1. The van der Waals surface area contributed by atoms with Crippen molar-refractivity contribution in [2.45, 2.75) is 19.3 Å². The molecule has 0 fully saturated rings. The minimum atomic E-state index is -0.410. The van der Waals surface area contributed by atoms with Crippen LogP contribution in [-0.4, -0.2) is 32.8 Å². The molecule has 0 radical (unpaired) electrons. The van der Waals surface area contributed by atoms with E-state index in [2.05, 4.69) is 0 Å². The van der Waals surface area contributed by atoms with Crippen molar-refractivity contribution < 1.29 is 23.8 Å². The van der Waals surface area contributed by atoms with E-state index in [1.54, 1.807) is 20.1 Å².